The lowest BCUT2D eigenvalue weighted by atomic mass is 9.99. The van der Waals surface area contributed by atoms with Gasteiger partial charge in [-0.3, -0.25) is 9.59 Å². The number of anilines is 1. The smallest absolute Gasteiger partial charge is 0.313 e. The molecule has 21 heavy (non-hydrogen) atoms. The molecule has 1 aromatic rings. The second kappa shape index (κ2) is 9.16. The molecule has 0 radical (unpaired) electrons. The highest BCUT2D eigenvalue weighted by molar-refractivity contribution is 6.39. The van der Waals surface area contributed by atoms with Crippen LogP contribution >= 0.6 is 0 Å². The van der Waals surface area contributed by atoms with Crippen molar-refractivity contribution in [2.24, 2.45) is 5.92 Å². The maximum atomic E-state index is 11.8. The van der Waals surface area contributed by atoms with Crippen molar-refractivity contribution < 1.29 is 9.59 Å². The monoisotopic (exact) mass is 290 g/mol. The first-order valence-electron chi connectivity index (χ1n) is 7.72. The summed E-state index contributed by atoms with van der Waals surface area (Å²) in [5.74, 6) is -0.726. The minimum absolute atomic E-state index is 0.445. The average Bonchev–Trinajstić information content (AvgIpc) is 2.49. The van der Waals surface area contributed by atoms with E-state index in [-0.39, 0.29) is 0 Å². The first-order chi connectivity index (χ1) is 10.1. The lowest BCUT2D eigenvalue weighted by Crippen LogP contribution is -2.38. The molecule has 0 saturated heterocycles. The van der Waals surface area contributed by atoms with E-state index >= 15 is 0 Å². The molecule has 4 heteroatoms. The lowest BCUT2D eigenvalue weighted by molar-refractivity contribution is -0.136. The van der Waals surface area contributed by atoms with E-state index in [0.29, 0.717) is 18.2 Å². The van der Waals surface area contributed by atoms with Crippen molar-refractivity contribution in [2.45, 2.75) is 46.5 Å². The van der Waals surface area contributed by atoms with Crippen LogP contribution in [0.25, 0.3) is 0 Å². The van der Waals surface area contributed by atoms with Crippen LogP contribution in [-0.2, 0) is 9.59 Å². The number of amides is 2. The van der Waals surface area contributed by atoms with E-state index in [9.17, 15) is 9.59 Å². The maximum Gasteiger partial charge on any atom is 0.313 e. The minimum atomic E-state index is -0.607. The van der Waals surface area contributed by atoms with Crippen LogP contribution in [0.2, 0.25) is 0 Å². The lowest BCUT2D eigenvalue weighted by Gasteiger charge is -2.15. The van der Waals surface area contributed by atoms with E-state index in [1.165, 1.54) is 0 Å². The van der Waals surface area contributed by atoms with Gasteiger partial charge in [-0.1, -0.05) is 50.8 Å². The van der Waals surface area contributed by atoms with Crippen molar-refractivity contribution in [1.29, 1.82) is 0 Å². The average molecular weight is 290 g/mol. The van der Waals surface area contributed by atoms with Crippen LogP contribution in [0.15, 0.2) is 24.3 Å². The molecular weight excluding hydrogens is 264 g/mol. The van der Waals surface area contributed by atoms with E-state index in [0.717, 1.165) is 31.2 Å². The third-order valence-electron chi connectivity index (χ3n) is 3.61. The molecule has 0 aliphatic heterocycles. The molecule has 4 nitrogen and oxygen atoms in total. The minimum Gasteiger partial charge on any atom is -0.348 e. The van der Waals surface area contributed by atoms with Gasteiger partial charge in [0.2, 0.25) is 0 Å². The van der Waals surface area contributed by atoms with Gasteiger partial charge in [-0.25, -0.2) is 0 Å². The number of aryl methyl sites for hydroxylation is 1. The number of hydrogen-bond acceptors (Lipinski definition) is 2. The molecule has 1 rings (SSSR count). The second-order valence-electron chi connectivity index (χ2n) is 5.45. The second-order valence-corrected chi connectivity index (χ2v) is 5.45. The molecule has 0 spiro atoms. The molecule has 0 aromatic heterocycles. The third-order valence-corrected chi connectivity index (χ3v) is 3.61. The first kappa shape index (κ1) is 17.2. The number of carbonyl (C=O) groups is 2. The fourth-order valence-electron chi connectivity index (χ4n) is 2.09. The van der Waals surface area contributed by atoms with Gasteiger partial charge in [0.15, 0.2) is 0 Å². The number of rotatable bonds is 7. The Bertz CT molecular complexity index is 454. The van der Waals surface area contributed by atoms with E-state index in [1.807, 2.05) is 19.1 Å². The van der Waals surface area contributed by atoms with E-state index in [4.69, 9.17) is 0 Å². The summed E-state index contributed by atoms with van der Waals surface area (Å²) in [5.41, 5.74) is 1.75. The number of benzene rings is 1. The summed E-state index contributed by atoms with van der Waals surface area (Å²) in [4.78, 5) is 23.6. The summed E-state index contributed by atoms with van der Waals surface area (Å²) in [5, 5.41) is 5.33. The van der Waals surface area contributed by atoms with Crippen molar-refractivity contribution in [3.05, 3.63) is 29.8 Å². The van der Waals surface area contributed by atoms with E-state index < -0.39 is 11.8 Å². The van der Waals surface area contributed by atoms with Gasteiger partial charge < -0.3 is 10.6 Å². The van der Waals surface area contributed by atoms with Crippen LogP contribution in [0, 0.1) is 12.8 Å². The molecule has 2 N–H and O–H groups in total. The molecule has 0 unspecified atom stereocenters. The quantitative estimate of drug-likeness (QED) is 0.757. The predicted octanol–water partition coefficient (Wildman–Crippen LogP) is 3.27. The number of nitrogens with one attached hydrogen (secondary N) is 2. The maximum absolute atomic E-state index is 11.8. The number of hydrogen-bond donors (Lipinski definition) is 2. The summed E-state index contributed by atoms with van der Waals surface area (Å²) in [6.07, 6.45) is 4.41. The topological polar surface area (TPSA) is 58.2 Å². The highest BCUT2D eigenvalue weighted by Gasteiger charge is 2.15. The fraction of sp³-hybridized carbons (Fsp3) is 0.529. The Balaban J connectivity index is 2.40. The molecule has 0 fully saturated rings. The molecule has 116 valence electrons. The van der Waals surface area contributed by atoms with Crippen LogP contribution in [0.5, 0.6) is 0 Å². The van der Waals surface area contributed by atoms with E-state index in [2.05, 4.69) is 24.5 Å². The highest BCUT2D eigenvalue weighted by Crippen LogP contribution is 2.11. The molecular formula is C17H26N2O2. The molecule has 1 atom stereocenters. The Morgan fingerprint density at radius 1 is 1.10 bits per heavy atom. The molecule has 2 amide bonds. The van der Waals surface area contributed by atoms with Crippen molar-refractivity contribution >= 4 is 17.5 Å². The van der Waals surface area contributed by atoms with Crippen molar-refractivity contribution in [2.75, 3.05) is 11.9 Å². The summed E-state index contributed by atoms with van der Waals surface area (Å²) in [6.45, 7) is 6.80. The van der Waals surface area contributed by atoms with E-state index in [1.54, 1.807) is 12.1 Å². The molecule has 0 heterocycles. The van der Waals surface area contributed by atoms with Gasteiger partial charge in [-0.05, 0) is 31.4 Å². The van der Waals surface area contributed by atoms with Gasteiger partial charge in [0.1, 0.15) is 0 Å². The Kier molecular flexibility index (Phi) is 7.51. The van der Waals surface area contributed by atoms with Crippen LogP contribution in [-0.4, -0.2) is 18.4 Å². The van der Waals surface area contributed by atoms with Gasteiger partial charge in [0.05, 0.1) is 0 Å². The van der Waals surface area contributed by atoms with Crippen LogP contribution in [0.4, 0.5) is 5.69 Å². The number of unbranched alkanes of at least 4 members (excludes halogenated alkanes) is 1. The number of carbonyl (C=O) groups excluding carboxylic acids is 2. The summed E-state index contributed by atoms with van der Waals surface area (Å²) < 4.78 is 0. The van der Waals surface area contributed by atoms with Crippen LogP contribution in [0.3, 0.4) is 0 Å². The standard InChI is InChI=1S/C17H26N2O2/c1-4-6-7-14(5-2)12-18-16(20)17(21)19-15-10-8-13(3)9-11-15/h8-11,14H,4-7,12H2,1-3H3,(H,18,20)(H,19,21)/t14-/m1/s1. The normalized spacial score (nSPS) is 11.8. The Labute approximate surface area is 127 Å². The molecule has 1 aromatic carbocycles. The summed E-state index contributed by atoms with van der Waals surface area (Å²) in [6, 6.07) is 7.37. The molecule has 0 bridgehead atoms. The van der Waals surface area contributed by atoms with Gasteiger partial charge in [-0.2, -0.15) is 0 Å². The van der Waals surface area contributed by atoms with Crippen molar-refractivity contribution in [3.8, 4) is 0 Å². The van der Waals surface area contributed by atoms with Gasteiger partial charge in [-0.15, -0.1) is 0 Å². The summed E-state index contributed by atoms with van der Waals surface area (Å²) >= 11 is 0. The van der Waals surface area contributed by atoms with Crippen molar-refractivity contribution in [1.82, 2.24) is 5.32 Å². The largest absolute Gasteiger partial charge is 0.348 e. The zero-order chi connectivity index (χ0) is 15.7. The van der Waals surface area contributed by atoms with Gasteiger partial charge in [0, 0.05) is 12.2 Å². The summed E-state index contributed by atoms with van der Waals surface area (Å²) in [7, 11) is 0. The van der Waals surface area contributed by atoms with Crippen molar-refractivity contribution in [3.63, 3.8) is 0 Å². The Hall–Kier alpha value is -1.84. The third kappa shape index (κ3) is 6.43. The van der Waals surface area contributed by atoms with Crippen LogP contribution in [0.1, 0.15) is 45.1 Å². The molecule has 0 aliphatic carbocycles. The predicted molar refractivity (Wildman–Crippen MR) is 86.1 cm³/mol. The molecule has 0 saturated carbocycles. The zero-order valence-corrected chi connectivity index (χ0v) is 13.2. The Morgan fingerprint density at radius 2 is 1.76 bits per heavy atom. The molecule has 0 aliphatic rings. The fourth-order valence-corrected chi connectivity index (χ4v) is 2.09. The zero-order valence-electron chi connectivity index (χ0n) is 13.2. The first-order valence-corrected chi connectivity index (χ1v) is 7.72. The Morgan fingerprint density at radius 3 is 2.33 bits per heavy atom. The van der Waals surface area contributed by atoms with Crippen LogP contribution < -0.4 is 10.6 Å². The highest BCUT2D eigenvalue weighted by atomic mass is 16.2. The SMILES string of the molecule is CCCC[C@@H](CC)CNC(=O)C(=O)Nc1ccc(C)cc1. The van der Waals surface area contributed by atoms with Gasteiger partial charge in [0.25, 0.3) is 0 Å². The van der Waals surface area contributed by atoms with Gasteiger partial charge >= 0.3 is 11.8 Å².